The molecule has 8 nitrogen and oxygen atoms in total. The average molecular weight is 463 g/mol. The van der Waals surface area contributed by atoms with Crippen LogP contribution in [0.1, 0.15) is 107 Å². The van der Waals surface area contributed by atoms with Crippen molar-refractivity contribution in [3.63, 3.8) is 0 Å². The first kappa shape index (κ1) is 30.8. The zero-order valence-electron chi connectivity index (χ0n) is 21.5. The first-order valence-electron chi connectivity index (χ1n) is 12.0. The Hall–Kier alpha value is -1.22. The van der Waals surface area contributed by atoms with E-state index >= 15 is 0 Å². The van der Waals surface area contributed by atoms with Crippen LogP contribution in [0, 0.1) is 0 Å². The van der Waals surface area contributed by atoms with Crippen LogP contribution in [0.25, 0.3) is 0 Å². The molecule has 0 aromatic rings. The van der Waals surface area contributed by atoms with Crippen LogP contribution >= 0.6 is 0 Å². The lowest BCUT2D eigenvalue weighted by Gasteiger charge is -2.32. The van der Waals surface area contributed by atoms with Gasteiger partial charge in [0.2, 0.25) is 0 Å². The van der Waals surface area contributed by atoms with E-state index in [4.69, 9.17) is 29.0 Å². The monoisotopic (exact) mass is 462 g/mol. The van der Waals surface area contributed by atoms with Crippen LogP contribution in [-0.2, 0) is 38.6 Å². The molecule has 0 aliphatic heterocycles. The van der Waals surface area contributed by atoms with E-state index in [9.17, 15) is 9.59 Å². The molecule has 0 aliphatic carbocycles. The summed E-state index contributed by atoms with van der Waals surface area (Å²) in [5.41, 5.74) is -1.52. The van der Waals surface area contributed by atoms with Gasteiger partial charge >= 0.3 is 11.9 Å². The lowest BCUT2D eigenvalue weighted by atomic mass is 9.93. The summed E-state index contributed by atoms with van der Waals surface area (Å²) in [6.07, 6.45) is 4.10. The van der Waals surface area contributed by atoms with Crippen LogP contribution < -0.4 is 0 Å². The van der Waals surface area contributed by atoms with Gasteiger partial charge in [0.1, 0.15) is 11.2 Å². The minimum atomic E-state index is -0.760. The second-order valence-electron chi connectivity index (χ2n) is 9.13. The summed E-state index contributed by atoms with van der Waals surface area (Å²) in [7, 11) is 0. The minimum Gasteiger partial charge on any atom is -0.458 e. The van der Waals surface area contributed by atoms with E-state index in [1.54, 1.807) is 13.8 Å². The molecule has 32 heavy (non-hydrogen) atoms. The number of ether oxygens (including phenoxy) is 2. The lowest BCUT2D eigenvalue weighted by molar-refractivity contribution is -0.321. The molecule has 0 radical (unpaired) electrons. The molecule has 0 saturated carbocycles. The predicted octanol–water partition coefficient (Wildman–Crippen LogP) is 5.46. The van der Waals surface area contributed by atoms with E-state index in [-0.39, 0.29) is 0 Å². The van der Waals surface area contributed by atoms with Gasteiger partial charge in [0.15, 0.2) is 12.2 Å². The van der Waals surface area contributed by atoms with Crippen molar-refractivity contribution >= 4 is 11.9 Å². The first-order valence-corrected chi connectivity index (χ1v) is 12.0. The first-order chi connectivity index (χ1) is 15.0. The highest BCUT2D eigenvalue weighted by Crippen LogP contribution is 2.27. The van der Waals surface area contributed by atoms with Crippen molar-refractivity contribution in [1.82, 2.24) is 0 Å². The Morgan fingerprint density at radius 1 is 0.656 bits per heavy atom. The molecule has 0 fully saturated rings. The Morgan fingerprint density at radius 3 is 1.28 bits per heavy atom. The molecule has 0 heterocycles. The smallest absolute Gasteiger partial charge is 0.339 e. The predicted molar refractivity (Wildman–Crippen MR) is 122 cm³/mol. The van der Waals surface area contributed by atoms with E-state index in [0.29, 0.717) is 38.9 Å². The fourth-order valence-corrected chi connectivity index (χ4v) is 2.87. The fourth-order valence-electron chi connectivity index (χ4n) is 2.87. The molecule has 2 atom stereocenters. The zero-order chi connectivity index (χ0) is 24.6. The summed E-state index contributed by atoms with van der Waals surface area (Å²) in [6.45, 7) is 15.7. The third kappa shape index (κ3) is 14.0. The van der Waals surface area contributed by atoms with Gasteiger partial charge in [-0.1, -0.05) is 39.5 Å². The molecule has 2 unspecified atom stereocenters. The van der Waals surface area contributed by atoms with Crippen LogP contribution in [0.4, 0.5) is 0 Å². The van der Waals surface area contributed by atoms with E-state index in [1.165, 1.54) is 0 Å². The lowest BCUT2D eigenvalue weighted by Crippen LogP contribution is -2.39. The molecule has 8 heteroatoms. The van der Waals surface area contributed by atoms with Gasteiger partial charge in [0, 0.05) is 0 Å². The van der Waals surface area contributed by atoms with Crippen LogP contribution in [0.15, 0.2) is 0 Å². The Kier molecular flexibility index (Phi) is 15.8. The molecule has 0 aliphatic rings. The molecule has 0 N–H and O–H groups in total. The van der Waals surface area contributed by atoms with Gasteiger partial charge in [0.05, 0.1) is 13.2 Å². The van der Waals surface area contributed by atoms with Crippen LogP contribution in [-0.4, -0.2) is 48.6 Å². The number of hydrogen-bond acceptors (Lipinski definition) is 8. The Bertz CT molecular complexity index is 456. The maximum Gasteiger partial charge on any atom is 0.339 e. The van der Waals surface area contributed by atoms with Crippen molar-refractivity contribution < 1.29 is 38.6 Å². The van der Waals surface area contributed by atoms with Gasteiger partial charge in [-0.2, -0.15) is 0 Å². The fraction of sp³-hybridized carbons (Fsp3) is 0.917. The van der Waals surface area contributed by atoms with Crippen molar-refractivity contribution in [1.29, 1.82) is 0 Å². The molecule has 0 spiro atoms. The van der Waals surface area contributed by atoms with E-state index in [0.717, 1.165) is 25.7 Å². The average Bonchev–Trinajstić information content (AvgIpc) is 2.72. The molecular weight excluding hydrogens is 416 g/mol. The number of esters is 2. The third-order valence-electron chi connectivity index (χ3n) is 4.85. The molecule has 0 saturated heterocycles. The molecule has 0 rings (SSSR count). The maximum absolute atomic E-state index is 12.6. The Labute approximate surface area is 194 Å². The van der Waals surface area contributed by atoms with Crippen molar-refractivity contribution in [2.75, 3.05) is 13.2 Å². The Balaban J connectivity index is 4.85. The van der Waals surface area contributed by atoms with Gasteiger partial charge in [-0.25, -0.2) is 29.1 Å². The Morgan fingerprint density at radius 2 is 1.00 bits per heavy atom. The number of carbonyl (C=O) groups is 2. The van der Waals surface area contributed by atoms with Crippen LogP contribution in [0.3, 0.4) is 0 Å². The van der Waals surface area contributed by atoms with Gasteiger partial charge < -0.3 is 9.47 Å². The van der Waals surface area contributed by atoms with Crippen LogP contribution in [0.2, 0.25) is 0 Å². The summed E-state index contributed by atoms with van der Waals surface area (Å²) in [6, 6.07) is 0. The number of unbranched alkanes of at least 4 members (excludes halogenated alkanes) is 2. The molecule has 0 aromatic heterocycles. The van der Waals surface area contributed by atoms with Crippen molar-refractivity contribution in [3.8, 4) is 0 Å². The van der Waals surface area contributed by atoms with Gasteiger partial charge in [-0.3, -0.25) is 0 Å². The normalized spacial score (nSPS) is 14.1. The second-order valence-corrected chi connectivity index (χ2v) is 9.13. The van der Waals surface area contributed by atoms with Gasteiger partial charge in [0.25, 0.3) is 0 Å². The topological polar surface area (TPSA) is 89.5 Å². The summed E-state index contributed by atoms with van der Waals surface area (Å²) >= 11 is 0. The second kappa shape index (κ2) is 16.4. The quantitative estimate of drug-likeness (QED) is 0.142. The summed E-state index contributed by atoms with van der Waals surface area (Å²) in [5.74, 6) is -0.895. The number of hydrogen-bond donors (Lipinski definition) is 0. The van der Waals surface area contributed by atoms with Gasteiger partial charge in [-0.15, -0.1) is 0 Å². The maximum atomic E-state index is 12.6. The standard InChI is InChI=1S/C24H46O8/c1-9-13-15-19(31-27-11-3)21(25)29-23(5,6)17-18-24(7,8)30-22(26)20(16-14-10-2)32-28-12-4/h19-20H,9-18H2,1-8H3. The zero-order valence-corrected chi connectivity index (χ0v) is 21.5. The third-order valence-corrected chi connectivity index (χ3v) is 4.85. The molecular formula is C24H46O8. The van der Waals surface area contributed by atoms with E-state index in [1.807, 2.05) is 41.5 Å². The molecule has 190 valence electrons. The highest BCUT2D eigenvalue weighted by atomic mass is 17.2. The summed E-state index contributed by atoms with van der Waals surface area (Å²) in [4.78, 5) is 45.6. The number of rotatable bonds is 19. The number of carbonyl (C=O) groups excluding carboxylic acids is 2. The highest BCUT2D eigenvalue weighted by molar-refractivity contribution is 5.75. The highest BCUT2D eigenvalue weighted by Gasteiger charge is 2.34. The van der Waals surface area contributed by atoms with Crippen LogP contribution in [0.5, 0.6) is 0 Å². The van der Waals surface area contributed by atoms with Crippen molar-refractivity contribution in [3.05, 3.63) is 0 Å². The van der Waals surface area contributed by atoms with E-state index in [2.05, 4.69) is 0 Å². The largest absolute Gasteiger partial charge is 0.458 e. The SMILES string of the molecule is CCCCC(OOCC)C(=O)OC(C)(C)CCC(C)(C)OC(=O)C(CCCC)OOCC. The summed E-state index contributed by atoms with van der Waals surface area (Å²) < 4.78 is 11.4. The molecule has 0 aromatic carbocycles. The van der Waals surface area contributed by atoms with E-state index < -0.39 is 35.3 Å². The summed E-state index contributed by atoms with van der Waals surface area (Å²) in [5, 5.41) is 0. The van der Waals surface area contributed by atoms with Crippen molar-refractivity contribution in [2.24, 2.45) is 0 Å². The molecule has 0 bridgehead atoms. The van der Waals surface area contributed by atoms with Gasteiger partial charge in [-0.05, 0) is 67.2 Å². The van der Waals surface area contributed by atoms with Crippen molar-refractivity contribution in [2.45, 2.75) is 130 Å². The minimum absolute atomic E-state index is 0.352. The molecule has 0 amide bonds.